The summed E-state index contributed by atoms with van der Waals surface area (Å²) in [6.07, 6.45) is 1.62. The van der Waals surface area contributed by atoms with Crippen LogP contribution in [0, 0.1) is 0 Å². The number of morpholine rings is 1. The van der Waals surface area contributed by atoms with E-state index in [0.717, 1.165) is 5.56 Å². The Morgan fingerprint density at radius 2 is 1.64 bits per heavy atom. The third kappa shape index (κ3) is 7.08. The van der Waals surface area contributed by atoms with Gasteiger partial charge in [-0.05, 0) is 48.2 Å². The van der Waals surface area contributed by atoms with Crippen LogP contribution in [0.2, 0.25) is 0 Å². The molecule has 0 saturated carbocycles. The van der Waals surface area contributed by atoms with Gasteiger partial charge in [0, 0.05) is 52.5 Å². The molecule has 2 saturated heterocycles. The van der Waals surface area contributed by atoms with Crippen molar-refractivity contribution in [2.75, 3.05) is 46.4 Å². The summed E-state index contributed by atoms with van der Waals surface area (Å²) in [6, 6.07) is 11.6. The highest BCUT2D eigenvalue weighted by Crippen LogP contribution is 2.26. The Balaban J connectivity index is 1.51. The van der Waals surface area contributed by atoms with Crippen molar-refractivity contribution in [1.82, 2.24) is 20.0 Å². The van der Waals surface area contributed by atoms with Crippen molar-refractivity contribution in [1.29, 1.82) is 0 Å². The van der Waals surface area contributed by atoms with Gasteiger partial charge >= 0.3 is 5.97 Å². The van der Waals surface area contributed by atoms with Crippen LogP contribution >= 0.6 is 0 Å². The Labute approximate surface area is 245 Å². The minimum atomic E-state index is -1.16. The van der Waals surface area contributed by atoms with Gasteiger partial charge in [-0.15, -0.1) is 0 Å². The number of carbonyl (C=O) groups excluding carboxylic acids is 3. The zero-order chi connectivity index (χ0) is 29.6. The van der Waals surface area contributed by atoms with Crippen molar-refractivity contribution in [3.8, 4) is 11.5 Å². The van der Waals surface area contributed by atoms with Gasteiger partial charge in [0.05, 0.1) is 13.2 Å². The van der Waals surface area contributed by atoms with E-state index in [2.05, 4.69) is 10.2 Å². The van der Waals surface area contributed by atoms with E-state index in [1.807, 2.05) is 24.3 Å². The van der Waals surface area contributed by atoms with Gasteiger partial charge in [-0.2, -0.15) is 0 Å². The van der Waals surface area contributed by atoms with Gasteiger partial charge in [0.15, 0.2) is 0 Å². The number of carboxylic acids is 1. The van der Waals surface area contributed by atoms with Crippen LogP contribution in [0.4, 0.5) is 0 Å². The van der Waals surface area contributed by atoms with Crippen LogP contribution in [0.3, 0.4) is 0 Å². The zero-order valence-electron chi connectivity index (χ0n) is 23.9. The molecule has 2 N–H and O–H groups in total. The predicted octanol–water partition coefficient (Wildman–Crippen LogP) is 1.69. The van der Waals surface area contributed by atoms with E-state index in [9.17, 15) is 24.3 Å². The lowest BCUT2D eigenvalue weighted by Gasteiger charge is -2.33. The number of ether oxygens (including phenoxy) is 2. The van der Waals surface area contributed by atoms with Gasteiger partial charge in [-0.25, -0.2) is 4.79 Å². The van der Waals surface area contributed by atoms with E-state index in [0.29, 0.717) is 75.7 Å². The Morgan fingerprint density at radius 1 is 0.976 bits per heavy atom. The highest BCUT2D eigenvalue weighted by atomic mass is 16.5. The highest BCUT2D eigenvalue weighted by Gasteiger charge is 2.37. The van der Waals surface area contributed by atoms with Crippen LogP contribution in [0.15, 0.2) is 48.5 Å². The number of aliphatic carboxylic acids is 1. The number of nitrogens with one attached hydrogen (secondary N) is 1. The molecule has 11 nitrogen and oxygen atoms in total. The van der Waals surface area contributed by atoms with Crippen LogP contribution in [0.1, 0.15) is 30.4 Å². The lowest BCUT2D eigenvalue weighted by atomic mass is 10.0. The number of benzene rings is 2. The summed E-state index contributed by atoms with van der Waals surface area (Å²) in [7, 11) is 1.46. The molecule has 4 bridgehead atoms. The molecule has 5 rings (SSSR count). The Morgan fingerprint density at radius 3 is 2.26 bits per heavy atom. The molecule has 3 heterocycles. The molecule has 3 aliphatic heterocycles. The number of nitrogens with zero attached hydrogens (tertiary/aromatic N) is 3. The van der Waals surface area contributed by atoms with Gasteiger partial charge in [-0.1, -0.05) is 24.3 Å². The number of hydrogen-bond donors (Lipinski definition) is 2. The molecule has 3 amide bonds. The number of fused-ring (bicyclic) bond motifs is 4. The summed E-state index contributed by atoms with van der Waals surface area (Å²) in [5.41, 5.74) is 1.51. The highest BCUT2D eigenvalue weighted by molar-refractivity contribution is 5.94. The molecule has 3 aliphatic rings. The fourth-order valence-electron chi connectivity index (χ4n) is 5.85. The first-order valence-corrected chi connectivity index (χ1v) is 14.5. The summed E-state index contributed by atoms with van der Waals surface area (Å²) in [5.74, 6) is -1.08. The average molecular weight is 579 g/mol. The summed E-state index contributed by atoms with van der Waals surface area (Å²) < 4.78 is 11.5. The summed E-state index contributed by atoms with van der Waals surface area (Å²) >= 11 is 0. The number of likely N-dealkylation sites (N-methyl/N-ethyl adjacent to an activating group) is 1. The van der Waals surface area contributed by atoms with Crippen molar-refractivity contribution >= 4 is 23.7 Å². The molecule has 0 aromatic heterocycles. The molecule has 3 atom stereocenters. The van der Waals surface area contributed by atoms with Gasteiger partial charge in [0.2, 0.25) is 17.7 Å². The Bertz CT molecular complexity index is 1310. The molecule has 2 aromatic carbocycles. The lowest BCUT2D eigenvalue weighted by molar-refractivity contribution is -0.150. The van der Waals surface area contributed by atoms with Crippen molar-refractivity contribution in [2.24, 2.45) is 0 Å². The number of amides is 3. The molecule has 224 valence electrons. The fraction of sp³-hybridized carbons (Fsp3) is 0.484. The zero-order valence-corrected chi connectivity index (χ0v) is 23.9. The minimum absolute atomic E-state index is 0.0594. The van der Waals surface area contributed by atoms with Crippen LogP contribution in [0.25, 0.3) is 0 Å². The molecule has 2 aromatic rings. The van der Waals surface area contributed by atoms with Crippen LogP contribution in [-0.4, -0.2) is 108 Å². The van der Waals surface area contributed by atoms with E-state index >= 15 is 0 Å². The van der Waals surface area contributed by atoms with Crippen LogP contribution in [-0.2, 0) is 36.8 Å². The molecule has 0 spiro atoms. The van der Waals surface area contributed by atoms with Crippen molar-refractivity contribution < 1.29 is 33.8 Å². The van der Waals surface area contributed by atoms with E-state index in [1.165, 1.54) is 11.9 Å². The van der Waals surface area contributed by atoms with Crippen LogP contribution < -0.4 is 10.1 Å². The number of rotatable bonds is 5. The lowest BCUT2D eigenvalue weighted by Crippen LogP contribution is -2.57. The van der Waals surface area contributed by atoms with Crippen LogP contribution in [0.5, 0.6) is 11.5 Å². The topological polar surface area (TPSA) is 129 Å². The van der Waals surface area contributed by atoms with Crippen molar-refractivity contribution in [3.05, 3.63) is 59.7 Å². The van der Waals surface area contributed by atoms with Gasteiger partial charge in [0.1, 0.15) is 29.6 Å². The third-order valence-corrected chi connectivity index (χ3v) is 8.23. The molecule has 0 aliphatic carbocycles. The predicted molar refractivity (Wildman–Crippen MR) is 153 cm³/mol. The van der Waals surface area contributed by atoms with Crippen molar-refractivity contribution in [2.45, 2.75) is 50.2 Å². The second-order valence-corrected chi connectivity index (χ2v) is 11.1. The molecule has 42 heavy (non-hydrogen) atoms. The van der Waals surface area contributed by atoms with E-state index in [4.69, 9.17) is 9.47 Å². The summed E-state index contributed by atoms with van der Waals surface area (Å²) in [5, 5.41) is 13.1. The van der Waals surface area contributed by atoms with E-state index in [-0.39, 0.29) is 18.7 Å². The largest absolute Gasteiger partial charge is 0.480 e. The molecule has 0 radical (unpaired) electrons. The Hall–Kier alpha value is -3.96. The SMILES string of the molecule is CN1C(=O)[C@H](CCN2CCOCC2)NC(=O)[C@@H](N2CCCC2=O)Cc2cccc(c2)Oc2cccc(c2)C[C@H]1C(=O)O. The first-order chi connectivity index (χ1) is 20.3. The molecule has 2 fully saturated rings. The number of carboxylic acid groups (broad SMARTS) is 1. The summed E-state index contributed by atoms with van der Waals surface area (Å²) in [6.45, 7) is 3.58. The third-order valence-electron chi connectivity index (χ3n) is 8.23. The maximum atomic E-state index is 13.9. The maximum absolute atomic E-state index is 13.9. The molecule has 0 unspecified atom stereocenters. The van der Waals surface area contributed by atoms with E-state index < -0.39 is 35.9 Å². The summed E-state index contributed by atoms with van der Waals surface area (Å²) in [4.78, 5) is 58.1. The maximum Gasteiger partial charge on any atom is 0.326 e. The normalized spacial score (nSPS) is 24.3. The van der Waals surface area contributed by atoms with Gasteiger partial charge < -0.3 is 29.7 Å². The average Bonchev–Trinajstić information content (AvgIpc) is 3.41. The first kappa shape index (κ1) is 29.5. The quantitative estimate of drug-likeness (QED) is 0.549. The van der Waals surface area contributed by atoms with Gasteiger partial charge in [0.25, 0.3) is 0 Å². The smallest absolute Gasteiger partial charge is 0.326 e. The Kier molecular flexibility index (Phi) is 9.38. The standard InChI is InChI=1S/C31H38N4O7/c1-33-27(31(39)40)20-22-6-3-8-24(18-22)42-23-7-2-5-21(17-23)19-26(35-11-4-9-28(35)36)29(37)32-25(30(33)38)10-12-34-13-15-41-16-14-34/h2-3,5-8,17-18,25-27H,4,9-16,19-20H2,1H3,(H,32,37)(H,39,40)/t25-,26-,27-/m0/s1. The molecule has 11 heteroatoms. The van der Waals surface area contributed by atoms with E-state index in [1.54, 1.807) is 29.2 Å². The first-order valence-electron chi connectivity index (χ1n) is 14.5. The second-order valence-electron chi connectivity index (χ2n) is 11.1. The second kappa shape index (κ2) is 13.3. The number of carbonyl (C=O) groups is 4. The minimum Gasteiger partial charge on any atom is -0.480 e. The van der Waals surface area contributed by atoms with Gasteiger partial charge in [-0.3, -0.25) is 19.3 Å². The number of hydrogen-bond acceptors (Lipinski definition) is 7. The number of likely N-dealkylation sites (tertiary alicyclic amines) is 1. The monoisotopic (exact) mass is 578 g/mol. The fourth-order valence-corrected chi connectivity index (χ4v) is 5.85. The molecular weight excluding hydrogens is 540 g/mol. The van der Waals surface area contributed by atoms with Crippen molar-refractivity contribution in [3.63, 3.8) is 0 Å². The molecular formula is C31H38N4O7.